The summed E-state index contributed by atoms with van der Waals surface area (Å²) >= 11 is 0. The van der Waals surface area contributed by atoms with Crippen LogP contribution >= 0.6 is 0 Å². The number of hydrogen-bond acceptors (Lipinski definition) is 3. The highest BCUT2D eigenvalue weighted by atomic mass is 16.2. The molecule has 1 aliphatic carbocycles. The van der Waals surface area contributed by atoms with Crippen molar-refractivity contribution >= 4 is 11.8 Å². The minimum absolute atomic E-state index is 0.0227. The van der Waals surface area contributed by atoms with E-state index in [-0.39, 0.29) is 30.3 Å². The van der Waals surface area contributed by atoms with Crippen LogP contribution in [0.3, 0.4) is 0 Å². The summed E-state index contributed by atoms with van der Waals surface area (Å²) in [6.07, 6.45) is 4.22. The normalized spacial score (nSPS) is 24.7. The summed E-state index contributed by atoms with van der Waals surface area (Å²) in [6, 6.07) is -0.0363. The molecule has 0 aromatic carbocycles. The van der Waals surface area contributed by atoms with E-state index < -0.39 is 0 Å². The van der Waals surface area contributed by atoms with Crippen molar-refractivity contribution in [3.63, 3.8) is 0 Å². The number of rotatable bonds is 3. The average molecular weight is 197 g/mol. The fraction of sp³-hybridized carbons (Fsp3) is 0.556. The third-order valence-electron chi connectivity index (χ3n) is 2.16. The van der Waals surface area contributed by atoms with Crippen molar-refractivity contribution in [1.29, 1.82) is 0 Å². The number of hydrogen-bond donors (Lipinski definition) is 3. The van der Waals surface area contributed by atoms with Gasteiger partial charge in [-0.25, -0.2) is 0 Å². The van der Waals surface area contributed by atoms with Gasteiger partial charge in [0.2, 0.25) is 11.8 Å². The summed E-state index contributed by atoms with van der Waals surface area (Å²) in [6.45, 7) is 0.0227. The molecule has 5 nitrogen and oxygen atoms in total. The smallest absolute Gasteiger partial charge is 0.239 e. The predicted molar refractivity (Wildman–Crippen MR) is 52.3 cm³/mol. The van der Waals surface area contributed by atoms with Crippen LogP contribution in [0.1, 0.15) is 6.42 Å². The van der Waals surface area contributed by atoms with Crippen molar-refractivity contribution in [3.05, 3.63) is 12.2 Å². The Hall–Kier alpha value is -1.36. The molecule has 0 bridgehead atoms. The van der Waals surface area contributed by atoms with Gasteiger partial charge < -0.3 is 16.4 Å². The monoisotopic (exact) mass is 197 g/mol. The molecule has 0 aliphatic heterocycles. The highest BCUT2D eigenvalue weighted by Crippen LogP contribution is 2.15. The fourth-order valence-corrected chi connectivity index (χ4v) is 1.31. The molecule has 0 aromatic rings. The van der Waals surface area contributed by atoms with Gasteiger partial charge in [0, 0.05) is 13.1 Å². The Kier molecular flexibility index (Phi) is 3.64. The molecule has 2 unspecified atom stereocenters. The van der Waals surface area contributed by atoms with Gasteiger partial charge in [0.1, 0.15) is 0 Å². The molecule has 2 amide bonds. The number of likely N-dealkylation sites (N-methyl/N-ethyl adjacent to an activating group) is 1. The van der Waals surface area contributed by atoms with Crippen LogP contribution < -0.4 is 16.4 Å². The molecule has 0 heterocycles. The third-order valence-corrected chi connectivity index (χ3v) is 2.16. The minimum Gasteiger partial charge on any atom is -0.358 e. The molecule has 0 fully saturated rings. The second kappa shape index (κ2) is 4.76. The minimum atomic E-state index is -0.204. The van der Waals surface area contributed by atoms with Gasteiger partial charge in [0.25, 0.3) is 0 Å². The standard InChI is InChI=1S/C9H15N3O2/c1-11-8(13)5-12-9(14)6-2-3-7(10)4-6/h2-3,6-7H,4-5,10H2,1H3,(H,11,13)(H,12,14). The van der Waals surface area contributed by atoms with Crippen molar-refractivity contribution in [2.45, 2.75) is 12.5 Å². The SMILES string of the molecule is CNC(=O)CNC(=O)C1C=CC(N)C1. The molecular formula is C9H15N3O2. The van der Waals surface area contributed by atoms with Crippen molar-refractivity contribution in [2.75, 3.05) is 13.6 Å². The third kappa shape index (κ3) is 2.85. The van der Waals surface area contributed by atoms with Crippen molar-refractivity contribution in [3.8, 4) is 0 Å². The number of nitrogens with one attached hydrogen (secondary N) is 2. The van der Waals surface area contributed by atoms with E-state index in [9.17, 15) is 9.59 Å². The van der Waals surface area contributed by atoms with Gasteiger partial charge in [0.15, 0.2) is 0 Å². The maximum Gasteiger partial charge on any atom is 0.239 e. The second-order valence-electron chi connectivity index (χ2n) is 3.28. The van der Waals surface area contributed by atoms with Crippen LogP contribution in [0.25, 0.3) is 0 Å². The summed E-state index contributed by atoms with van der Waals surface area (Å²) in [5.74, 6) is -0.530. The van der Waals surface area contributed by atoms with Crippen molar-refractivity contribution < 1.29 is 9.59 Å². The van der Waals surface area contributed by atoms with Crippen LogP contribution in [0.15, 0.2) is 12.2 Å². The van der Waals surface area contributed by atoms with Gasteiger partial charge in [-0.05, 0) is 6.42 Å². The van der Waals surface area contributed by atoms with Crippen LogP contribution in [-0.4, -0.2) is 31.4 Å². The average Bonchev–Trinajstić information content (AvgIpc) is 2.60. The molecule has 1 rings (SSSR count). The summed E-state index contributed by atoms with van der Waals surface area (Å²) in [4.78, 5) is 22.2. The van der Waals surface area contributed by atoms with Crippen molar-refractivity contribution in [1.82, 2.24) is 10.6 Å². The summed E-state index contributed by atoms with van der Waals surface area (Å²) in [5, 5.41) is 4.96. The first-order valence-corrected chi connectivity index (χ1v) is 4.55. The molecule has 1 aliphatic rings. The van der Waals surface area contributed by atoms with Crippen molar-refractivity contribution in [2.24, 2.45) is 11.7 Å². The maximum absolute atomic E-state index is 11.4. The van der Waals surface area contributed by atoms with E-state index in [1.54, 1.807) is 6.08 Å². The van der Waals surface area contributed by atoms with E-state index in [0.29, 0.717) is 6.42 Å². The Balaban J connectivity index is 2.29. The molecule has 0 saturated heterocycles. The lowest BCUT2D eigenvalue weighted by molar-refractivity contribution is -0.127. The van der Waals surface area contributed by atoms with Crippen LogP contribution in [-0.2, 0) is 9.59 Å². The maximum atomic E-state index is 11.4. The van der Waals surface area contributed by atoms with Gasteiger partial charge in [-0.15, -0.1) is 0 Å². The molecule has 14 heavy (non-hydrogen) atoms. The molecule has 0 radical (unpaired) electrons. The predicted octanol–water partition coefficient (Wildman–Crippen LogP) is -1.25. The topological polar surface area (TPSA) is 84.2 Å². The number of carbonyl (C=O) groups excluding carboxylic acids is 2. The number of nitrogens with two attached hydrogens (primary N) is 1. The molecule has 78 valence electrons. The van der Waals surface area contributed by atoms with Gasteiger partial charge in [0.05, 0.1) is 12.5 Å². The molecular weight excluding hydrogens is 182 g/mol. The lowest BCUT2D eigenvalue weighted by Gasteiger charge is -2.09. The summed E-state index contributed by atoms with van der Waals surface area (Å²) < 4.78 is 0. The Morgan fingerprint density at radius 2 is 2.21 bits per heavy atom. The van der Waals surface area contributed by atoms with E-state index in [2.05, 4.69) is 10.6 Å². The first kappa shape index (κ1) is 10.7. The zero-order chi connectivity index (χ0) is 10.6. The van der Waals surface area contributed by atoms with Gasteiger partial charge in [-0.2, -0.15) is 0 Å². The quantitative estimate of drug-likeness (QED) is 0.494. The van der Waals surface area contributed by atoms with E-state index in [0.717, 1.165) is 0 Å². The first-order chi connectivity index (χ1) is 6.63. The Morgan fingerprint density at radius 3 is 2.71 bits per heavy atom. The first-order valence-electron chi connectivity index (χ1n) is 4.55. The molecule has 4 N–H and O–H groups in total. The van der Waals surface area contributed by atoms with Crippen LogP contribution in [0.5, 0.6) is 0 Å². The Bertz CT molecular complexity index is 263. The van der Waals surface area contributed by atoms with Crippen LogP contribution in [0.2, 0.25) is 0 Å². The van der Waals surface area contributed by atoms with Gasteiger partial charge >= 0.3 is 0 Å². The summed E-state index contributed by atoms with van der Waals surface area (Å²) in [5.41, 5.74) is 5.60. The zero-order valence-corrected chi connectivity index (χ0v) is 8.12. The summed E-state index contributed by atoms with van der Waals surface area (Å²) in [7, 11) is 1.53. The number of amides is 2. The van der Waals surface area contributed by atoms with Gasteiger partial charge in [-0.1, -0.05) is 12.2 Å². The van der Waals surface area contributed by atoms with Gasteiger partial charge in [-0.3, -0.25) is 9.59 Å². The van der Waals surface area contributed by atoms with E-state index in [4.69, 9.17) is 5.73 Å². The molecule has 0 saturated carbocycles. The lowest BCUT2D eigenvalue weighted by atomic mass is 10.1. The second-order valence-corrected chi connectivity index (χ2v) is 3.28. The van der Waals surface area contributed by atoms with E-state index >= 15 is 0 Å². The number of carbonyl (C=O) groups is 2. The van der Waals surface area contributed by atoms with Crippen LogP contribution in [0.4, 0.5) is 0 Å². The molecule has 5 heteroatoms. The van der Waals surface area contributed by atoms with Crippen LogP contribution in [0, 0.1) is 5.92 Å². The molecule has 2 atom stereocenters. The lowest BCUT2D eigenvalue weighted by Crippen LogP contribution is -2.38. The molecule has 0 aromatic heterocycles. The Labute approximate surface area is 82.7 Å². The zero-order valence-electron chi connectivity index (χ0n) is 8.12. The Morgan fingerprint density at radius 1 is 1.50 bits per heavy atom. The van der Waals surface area contributed by atoms with E-state index in [1.807, 2.05) is 6.08 Å². The highest BCUT2D eigenvalue weighted by Gasteiger charge is 2.22. The fourth-order valence-electron chi connectivity index (χ4n) is 1.31. The van der Waals surface area contributed by atoms with E-state index in [1.165, 1.54) is 7.05 Å². The highest BCUT2D eigenvalue weighted by molar-refractivity contribution is 5.86. The largest absolute Gasteiger partial charge is 0.358 e. The molecule has 0 spiro atoms.